The van der Waals surface area contributed by atoms with Gasteiger partial charge in [-0.1, -0.05) is 18.2 Å². The number of fused-ring (bicyclic) bond motifs is 1. The van der Waals surface area contributed by atoms with Gasteiger partial charge in [0.05, 0.1) is 17.9 Å². The first kappa shape index (κ1) is 15.0. The molecule has 0 amide bonds. The summed E-state index contributed by atoms with van der Waals surface area (Å²) in [6.07, 6.45) is 1.59. The first-order chi connectivity index (χ1) is 12.2. The molecule has 1 aliphatic rings. The van der Waals surface area contributed by atoms with Crippen LogP contribution in [0.5, 0.6) is 11.5 Å². The molecule has 0 N–H and O–H groups in total. The van der Waals surface area contributed by atoms with Crippen molar-refractivity contribution in [3.05, 3.63) is 65.9 Å². The van der Waals surface area contributed by atoms with Gasteiger partial charge in [0.15, 0.2) is 11.5 Å². The first-order valence-corrected chi connectivity index (χ1v) is 7.54. The van der Waals surface area contributed by atoms with Gasteiger partial charge in [-0.3, -0.25) is 4.99 Å². The van der Waals surface area contributed by atoms with Gasteiger partial charge in [-0.2, -0.15) is 0 Å². The third kappa shape index (κ3) is 3.10. The number of hydrogen-bond acceptors (Lipinski definition) is 6. The molecule has 4 rings (SSSR count). The van der Waals surface area contributed by atoms with Crippen LogP contribution in [0.4, 0.5) is 5.69 Å². The van der Waals surface area contributed by atoms with Gasteiger partial charge < -0.3 is 23.8 Å². The number of aliphatic imine (C=N–C) groups is 1. The predicted octanol–water partition coefficient (Wildman–Crippen LogP) is 2.79. The van der Waals surface area contributed by atoms with Crippen molar-refractivity contribution < 1.29 is 23.8 Å². The van der Waals surface area contributed by atoms with Gasteiger partial charge in [0.2, 0.25) is 6.79 Å². The van der Waals surface area contributed by atoms with E-state index in [4.69, 9.17) is 13.9 Å². The maximum atomic E-state index is 10.9. The van der Waals surface area contributed by atoms with Crippen LogP contribution in [0.1, 0.15) is 16.1 Å². The van der Waals surface area contributed by atoms with Gasteiger partial charge in [-0.05, 0) is 35.9 Å². The van der Waals surface area contributed by atoms with Crippen LogP contribution in [-0.2, 0) is 0 Å². The Labute approximate surface area is 143 Å². The van der Waals surface area contributed by atoms with E-state index in [-0.39, 0.29) is 12.4 Å². The number of nitrogens with zero attached hydrogens (tertiary/aromatic N) is 1. The molecule has 25 heavy (non-hydrogen) atoms. The Kier molecular flexibility index (Phi) is 3.70. The third-order valence-corrected chi connectivity index (χ3v) is 3.71. The predicted molar refractivity (Wildman–Crippen MR) is 88.3 cm³/mol. The fourth-order valence-corrected chi connectivity index (χ4v) is 2.48. The van der Waals surface area contributed by atoms with Crippen molar-refractivity contribution >= 4 is 17.9 Å². The number of aromatic carboxylic acids is 1. The summed E-state index contributed by atoms with van der Waals surface area (Å²) in [6, 6.07) is 15.3. The molecule has 0 bridgehead atoms. The summed E-state index contributed by atoms with van der Waals surface area (Å²) in [5.74, 6) is 1.24. The molecule has 0 saturated carbocycles. The first-order valence-electron chi connectivity index (χ1n) is 7.54. The number of carbonyl (C=O) groups excluding carboxylic acids is 1. The Morgan fingerprint density at radius 2 is 1.92 bits per heavy atom. The second-order valence-electron chi connectivity index (χ2n) is 5.37. The van der Waals surface area contributed by atoms with Crippen molar-refractivity contribution in [1.29, 1.82) is 0 Å². The van der Waals surface area contributed by atoms with Crippen LogP contribution in [0.15, 0.2) is 64.0 Å². The molecule has 2 aromatic carbocycles. The fraction of sp³-hybridized carbons (Fsp3) is 0.0526. The highest BCUT2D eigenvalue weighted by Gasteiger charge is 2.12. The highest BCUT2D eigenvalue weighted by Crippen LogP contribution is 2.35. The standard InChI is InChI=1S/C19H13NO5/c21-19(22)13-3-1-2-12(8-13)16-7-5-15(25-16)10-20-14-4-6-17-18(9-14)24-11-23-17/h1-10H,11H2,(H,21,22)/p-1. The average molecular weight is 334 g/mol. The largest absolute Gasteiger partial charge is 0.545 e. The lowest BCUT2D eigenvalue weighted by molar-refractivity contribution is -0.255. The van der Waals surface area contributed by atoms with E-state index in [1.807, 2.05) is 6.07 Å². The maximum absolute atomic E-state index is 10.9. The van der Waals surface area contributed by atoms with Crippen molar-refractivity contribution in [1.82, 2.24) is 0 Å². The zero-order valence-corrected chi connectivity index (χ0v) is 13.0. The number of hydrogen-bond donors (Lipinski definition) is 0. The number of carboxylic acid groups (broad SMARTS) is 1. The van der Waals surface area contributed by atoms with Crippen LogP contribution in [0, 0.1) is 0 Å². The minimum atomic E-state index is -1.22. The summed E-state index contributed by atoms with van der Waals surface area (Å²) in [5, 5.41) is 10.9. The smallest absolute Gasteiger partial charge is 0.231 e. The molecular formula is C19H12NO5-. The SMILES string of the molecule is O=C([O-])c1cccc(-c2ccc(C=Nc3ccc4c(c3)OCO4)o2)c1. The molecule has 124 valence electrons. The summed E-state index contributed by atoms with van der Waals surface area (Å²) in [5.41, 5.74) is 1.47. The lowest BCUT2D eigenvalue weighted by Crippen LogP contribution is -2.22. The van der Waals surface area contributed by atoms with E-state index in [1.165, 1.54) is 12.1 Å². The minimum Gasteiger partial charge on any atom is -0.545 e. The van der Waals surface area contributed by atoms with Gasteiger partial charge in [-0.15, -0.1) is 0 Å². The van der Waals surface area contributed by atoms with Crippen LogP contribution in [0.25, 0.3) is 11.3 Å². The quantitative estimate of drug-likeness (QED) is 0.685. The summed E-state index contributed by atoms with van der Waals surface area (Å²) in [6.45, 7) is 0.217. The molecule has 0 atom stereocenters. The van der Waals surface area contributed by atoms with Crippen LogP contribution in [0.3, 0.4) is 0 Å². The lowest BCUT2D eigenvalue weighted by atomic mass is 10.1. The zero-order valence-electron chi connectivity index (χ0n) is 13.0. The summed E-state index contributed by atoms with van der Waals surface area (Å²) in [7, 11) is 0. The zero-order chi connectivity index (χ0) is 17.2. The average Bonchev–Trinajstić information content (AvgIpc) is 3.29. The van der Waals surface area contributed by atoms with Crippen molar-refractivity contribution in [3.63, 3.8) is 0 Å². The number of furan rings is 1. The molecule has 2 heterocycles. The van der Waals surface area contributed by atoms with E-state index in [0.29, 0.717) is 34.3 Å². The van der Waals surface area contributed by atoms with Crippen LogP contribution < -0.4 is 14.6 Å². The van der Waals surface area contributed by atoms with Crippen molar-refractivity contribution in [2.45, 2.75) is 0 Å². The summed E-state index contributed by atoms with van der Waals surface area (Å²) < 4.78 is 16.3. The number of benzene rings is 2. The van der Waals surface area contributed by atoms with Gasteiger partial charge in [0.25, 0.3) is 0 Å². The maximum Gasteiger partial charge on any atom is 0.231 e. The van der Waals surface area contributed by atoms with E-state index in [9.17, 15) is 9.90 Å². The number of rotatable bonds is 4. The van der Waals surface area contributed by atoms with Gasteiger partial charge in [0, 0.05) is 11.6 Å². The molecule has 6 nitrogen and oxygen atoms in total. The van der Waals surface area contributed by atoms with E-state index in [1.54, 1.807) is 42.6 Å². The second-order valence-corrected chi connectivity index (χ2v) is 5.37. The molecule has 0 spiro atoms. The Morgan fingerprint density at radius 3 is 2.80 bits per heavy atom. The Morgan fingerprint density at radius 1 is 1.04 bits per heavy atom. The highest BCUT2D eigenvalue weighted by molar-refractivity contribution is 5.87. The fourth-order valence-electron chi connectivity index (χ4n) is 2.48. The summed E-state index contributed by atoms with van der Waals surface area (Å²) >= 11 is 0. The molecule has 0 aliphatic carbocycles. The monoisotopic (exact) mass is 334 g/mol. The third-order valence-electron chi connectivity index (χ3n) is 3.71. The highest BCUT2D eigenvalue weighted by atomic mass is 16.7. The van der Waals surface area contributed by atoms with Crippen molar-refractivity contribution in [3.8, 4) is 22.8 Å². The van der Waals surface area contributed by atoms with Gasteiger partial charge in [-0.25, -0.2) is 0 Å². The van der Waals surface area contributed by atoms with Gasteiger partial charge >= 0.3 is 0 Å². The van der Waals surface area contributed by atoms with Crippen LogP contribution in [-0.4, -0.2) is 19.0 Å². The summed E-state index contributed by atoms with van der Waals surface area (Å²) in [4.78, 5) is 15.3. The number of carboxylic acids is 1. The normalized spacial score (nSPS) is 12.6. The lowest BCUT2D eigenvalue weighted by Gasteiger charge is -2.03. The van der Waals surface area contributed by atoms with Crippen LogP contribution >= 0.6 is 0 Å². The molecule has 3 aromatic rings. The van der Waals surface area contributed by atoms with Crippen molar-refractivity contribution in [2.75, 3.05) is 6.79 Å². The molecule has 0 unspecified atom stereocenters. The van der Waals surface area contributed by atoms with Crippen molar-refractivity contribution in [2.24, 2.45) is 4.99 Å². The Hall–Kier alpha value is -3.54. The molecular weight excluding hydrogens is 322 g/mol. The molecule has 1 aliphatic heterocycles. The topological polar surface area (TPSA) is 84.1 Å². The van der Waals surface area contributed by atoms with E-state index >= 15 is 0 Å². The molecule has 0 radical (unpaired) electrons. The van der Waals surface area contributed by atoms with E-state index in [0.717, 1.165) is 0 Å². The Bertz CT molecular complexity index is 973. The number of carbonyl (C=O) groups is 1. The van der Waals surface area contributed by atoms with E-state index in [2.05, 4.69) is 4.99 Å². The molecule has 6 heteroatoms. The van der Waals surface area contributed by atoms with Crippen LogP contribution in [0.2, 0.25) is 0 Å². The van der Waals surface area contributed by atoms with E-state index < -0.39 is 5.97 Å². The Balaban J connectivity index is 1.55. The molecule has 0 fully saturated rings. The number of ether oxygens (including phenoxy) is 2. The minimum absolute atomic E-state index is 0.101. The van der Waals surface area contributed by atoms with Gasteiger partial charge in [0.1, 0.15) is 11.5 Å². The second kappa shape index (κ2) is 6.16. The molecule has 1 aromatic heterocycles. The molecule has 0 saturated heterocycles.